The van der Waals surface area contributed by atoms with Crippen LogP contribution in [0.2, 0.25) is 0 Å². The molecule has 0 aromatic carbocycles. The number of nitrogens with zero attached hydrogens (tertiary/aromatic N) is 3. The van der Waals surface area contributed by atoms with Gasteiger partial charge in [-0.15, -0.1) is 11.3 Å². The summed E-state index contributed by atoms with van der Waals surface area (Å²) in [4.78, 5) is 35.5. The molecular formula is C18H18FN3O3S. The van der Waals surface area contributed by atoms with Crippen molar-refractivity contribution in [2.24, 2.45) is 5.41 Å². The van der Waals surface area contributed by atoms with Crippen molar-refractivity contribution in [2.45, 2.75) is 37.8 Å². The molecule has 2 aliphatic heterocycles. The Bertz CT molecular complexity index is 844. The van der Waals surface area contributed by atoms with Gasteiger partial charge in [-0.1, -0.05) is 0 Å². The van der Waals surface area contributed by atoms with E-state index in [2.05, 4.69) is 9.97 Å². The zero-order chi connectivity index (χ0) is 18.3. The number of halogens is 1. The number of rotatable bonds is 4. The van der Waals surface area contributed by atoms with E-state index < -0.39 is 11.2 Å². The fraction of sp³-hybridized carbons (Fsp3) is 0.444. The van der Waals surface area contributed by atoms with Gasteiger partial charge in [0.05, 0.1) is 35.5 Å². The summed E-state index contributed by atoms with van der Waals surface area (Å²) >= 11 is 1.47. The van der Waals surface area contributed by atoms with Crippen molar-refractivity contribution in [2.75, 3.05) is 7.11 Å². The fourth-order valence-corrected chi connectivity index (χ4v) is 5.07. The highest BCUT2D eigenvalue weighted by Crippen LogP contribution is 2.52. The largest absolute Gasteiger partial charge is 0.469 e. The van der Waals surface area contributed by atoms with Crippen LogP contribution in [0.3, 0.4) is 0 Å². The molecule has 2 fully saturated rings. The molecule has 0 spiro atoms. The van der Waals surface area contributed by atoms with E-state index in [0.29, 0.717) is 19.3 Å². The Kier molecular flexibility index (Phi) is 4.22. The van der Waals surface area contributed by atoms with Gasteiger partial charge in [-0.3, -0.25) is 14.6 Å². The third-order valence-electron chi connectivity index (χ3n) is 5.55. The SMILES string of the molecule is COC(=O)[C@@]1(Cc2cscn2)C[C@H]2CC[C@@H]1N2C(=O)c1ccncc1F. The number of hydrogen-bond donors (Lipinski definition) is 0. The zero-order valence-corrected chi connectivity index (χ0v) is 15.0. The molecule has 8 heteroatoms. The minimum atomic E-state index is -0.828. The number of aromatic nitrogens is 2. The van der Waals surface area contributed by atoms with Gasteiger partial charge in [0.1, 0.15) is 0 Å². The molecule has 2 saturated heterocycles. The highest BCUT2D eigenvalue weighted by Gasteiger charge is 2.62. The lowest BCUT2D eigenvalue weighted by atomic mass is 9.71. The summed E-state index contributed by atoms with van der Waals surface area (Å²) in [5.74, 6) is -1.36. The highest BCUT2D eigenvalue weighted by atomic mass is 32.1. The Morgan fingerprint density at radius 3 is 3.00 bits per heavy atom. The molecule has 0 N–H and O–H groups in total. The van der Waals surface area contributed by atoms with Gasteiger partial charge in [-0.25, -0.2) is 9.37 Å². The quantitative estimate of drug-likeness (QED) is 0.768. The maximum absolute atomic E-state index is 14.1. The minimum Gasteiger partial charge on any atom is -0.469 e. The topological polar surface area (TPSA) is 72.4 Å². The van der Waals surface area contributed by atoms with Crippen molar-refractivity contribution in [3.05, 3.63) is 46.4 Å². The van der Waals surface area contributed by atoms with Gasteiger partial charge in [0.2, 0.25) is 0 Å². The van der Waals surface area contributed by atoms with Crippen LogP contribution in [-0.4, -0.2) is 45.9 Å². The van der Waals surface area contributed by atoms with Crippen LogP contribution in [0, 0.1) is 11.2 Å². The van der Waals surface area contributed by atoms with Crippen molar-refractivity contribution < 1.29 is 18.7 Å². The van der Waals surface area contributed by atoms with Crippen LogP contribution in [0.25, 0.3) is 0 Å². The Labute approximate surface area is 154 Å². The van der Waals surface area contributed by atoms with Crippen LogP contribution in [-0.2, 0) is 16.0 Å². The van der Waals surface area contributed by atoms with Crippen molar-refractivity contribution >= 4 is 23.2 Å². The number of esters is 1. The Morgan fingerprint density at radius 2 is 2.31 bits per heavy atom. The molecule has 2 aromatic rings. The summed E-state index contributed by atoms with van der Waals surface area (Å²) in [6.07, 6.45) is 4.87. The van der Waals surface area contributed by atoms with Crippen LogP contribution < -0.4 is 0 Å². The van der Waals surface area contributed by atoms with Crippen molar-refractivity contribution in [3.8, 4) is 0 Å². The van der Waals surface area contributed by atoms with Gasteiger partial charge in [0, 0.05) is 30.1 Å². The predicted molar refractivity (Wildman–Crippen MR) is 92.1 cm³/mol. The van der Waals surface area contributed by atoms with Crippen molar-refractivity contribution in [3.63, 3.8) is 0 Å². The van der Waals surface area contributed by atoms with Gasteiger partial charge in [0.15, 0.2) is 5.82 Å². The third kappa shape index (κ3) is 2.51. The normalized spacial score (nSPS) is 26.9. The smallest absolute Gasteiger partial charge is 0.314 e. The summed E-state index contributed by atoms with van der Waals surface area (Å²) in [5.41, 5.74) is 1.70. The Morgan fingerprint density at radius 1 is 1.46 bits per heavy atom. The molecule has 0 unspecified atom stereocenters. The molecule has 6 nitrogen and oxygen atoms in total. The molecule has 2 bridgehead atoms. The molecule has 0 radical (unpaired) electrons. The summed E-state index contributed by atoms with van der Waals surface area (Å²) in [5, 5.41) is 1.91. The first-order valence-corrected chi connectivity index (χ1v) is 9.39. The number of methoxy groups -OCH3 is 1. The van der Waals surface area contributed by atoms with Crippen LogP contribution in [0.1, 0.15) is 35.3 Å². The maximum atomic E-state index is 14.1. The van der Waals surface area contributed by atoms with Gasteiger partial charge in [-0.2, -0.15) is 0 Å². The Balaban J connectivity index is 1.70. The zero-order valence-electron chi connectivity index (χ0n) is 14.2. The minimum absolute atomic E-state index is 0.00813. The molecule has 4 heterocycles. The van der Waals surface area contributed by atoms with E-state index in [9.17, 15) is 14.0 Å². The molecule has 2 aliphatic rings. The van der Waals surface area contributed by atoms with E-state index in [1.807, 2.05) is 5.38 Å². The number of carbonyl (C=O) groups excluding carboxylic acids is 2. The summed E-state index contributed by atoms with van der Waals surface area (Å²) in [6, 6.07) is 0.967. The van der Waals surface area contributed by atoms with E-state index >= 15 is 0 Å². The monoisotopic (exact) mass is 375 g/mol. The number of thiazole rings is 1. The predicted octanol–water partition coefficient (Wildman–Crippen LogP) is 2.46. The van der Waals surface area contributed by atoms with Crippen LogP contribution in [0.5, 0.6) is 0 Å². The average Bonchev–Trinajstić information content (AvgIpc) is 3.36. The van der Waals surface area contributed by atoms with E-state index in [0.717, 1.165) is 18.3 Å². The van der Waals surface area contributed by atoms with Crippen LogP contribution in [0.15, 0.2) is 29.4 Å². The van der Waals surface area contributed by atoms with Crippen LogP contribution in [0.4, 0.5) is 4.39 Å². The number of fused-ring (bicyclic) bond motifs is 2. The number of carbonyl (C=O) groups is 2. The van der Waals surface area contributed by atoms with Crippen molar-refractivity contribution in [1.29, 1.82) is 0 Å². The third-order valence-corrected chi connectivity index (χ3v) is 6.18. The van der Waals surface area contributed by atoms with E-state index in [-0.39, 0.29) is 29.5 Å². The lowest BCUT2D eigenvalue weighted by Gasteiger charge is -2.34. The molecule has 1 amide bonds. The molecule has 26 heavy (non-hydrogen) atoms. The number of ether oxygens (including phenoxy) is 1. The fourth-order valence-electron chi connectivity index (χ4n) is 4.51. The second-order valence-corrected chi connectivity index (χ2v) is 7.54. The Hall–Kier alpha value is -2.35. The molecule has 0 saturated carbocycles. The van der Waals surface area contributed by atoms with Gasteiger partial charge >= 0.3 is 5.97 Å². The number of pyridine rings is 1. The molecule has 2 aromatic heterocycles. The van der Waals surface area contributed by atoms with E-state index in [4.69, 9.17) is 4.74 Å². The molecule has 4 rings (SSSR count). The molecular weight excluding hydrogens is 357 g/mol. The van der Waals surface area contributed by atoms with Crippen molar-refractivity contribution in [1.82, 2.24) is 14.9 Å². The van der Waals surface area contributed by atoms with Crippen LogP contribution >= 0.6 is 11.3 Å². The first-order chi connectivity index (χ1) is 12.6. The lowest BCUT2D eigenvalue weighted by molar-refractivity contribution is -0.154. The summed E-state index contributed by atoms with van der Waals surface area (Å²) < 4.78 is 19.2. The van der Waals surface area contributed by atoms with E-state index in [1.165, 1.54) is 30.7 Å². The lowest BCUT2D eigenvalue weighted by Crippen LogP contribution is -2.47. The average molecular weight is 375 g/mol. The first-order valence-electron chi connectivity index (χ1n) is 8.44. The number of amides is 1. The molecule has 136 valence electrons. The standard InChI is InChI=1S/C18H18FN3O3S/c1-25-17(24)18(6-11-9-26-10-21-11)7-12-2-3-15(18)22(12)16(23)13-4-5-20-8-14(13)19/h4-5,8-10,12,15H,2-3,6-7H2,1H3/t12-,15+,18+/m1/s1. The second kappa shape index (κ2) is 6.42. The van der Waals surface area contributed by atoms with Gasteiger partial charge in [0.25, 0.3) is 5.91 Å². The van der Waals surface area contributed by atoms with E-state index in [1.54, 1.807) is 10.4 Å². The van der Waals surface area contributed by atoms with Gasteiger partial charge < -0.3 is 9.64 Å². The first kappa shape index (κ1) is 17.1. The number of hydrogen-bond acceptors (Lipinski definition) is 6. The molecule has 3 atom stereocenters. The summed E-state index contributed by atoms with van der Waals surface area (Å²) in [6.45, 7) is 0. The maximum Gasteiger partial charge on any atom is 0.314 e. The highest BCUT2D eigenvalue weighted by molar-refractivity contribution is 7.07. The summed E-state index contributed by atoms with van der Waals surface area (Å²) in [7, 11) is 1.37. The molecule has 0 aliphatic carbocycles. The van der Waals surface area contributed by atoms with Gasteiger partial charge in [-0.05, 0) is 25.3 Å². The second-order valence-electron chi connectivity index (χ2n) is 6.82.